The van der Waals surface area contributed by atoms with Crippen LogP contribution in [-0.2, 0) is 9.84 Å². The first kappa shape index (κ1) is 13.0. The first-order chi connectivity index (χ1) is 8.52. The highest BCUT2D eigenvalue weighted by Crippen LogP contribution is 2.28. The van der Waals surface area contributed by atoms with Crippen LogP contribution >= 0.6 is 0 Å². The van der Waals surface area contributed by atoms with Crippen LogP contribution in [0.1, 0.15) is 6.92 Å². The van der Waals surface area contributed by atoms with Crippen molar-refractivity contribution in [2.24, 2.45) is 0 Å². The quantitative estimate of drug-likeness (QED) is 0.826. The molecule has 0 atom stereocenters. The molecule has 6 heteroatoms. The molecule has 0 radical (unpaired) electrons. The number of rotatable bonds is 3. The van der Waals surface area contributed by atoms with Crippen molar-refractivity contribution in [1.29, 1.82) is 0 Å². The Morgan fingerprint density at radius 1 is 1.33 bits per heavy atom. The minimum Gasteiger partial charge on any atom is -0.492 e. The lowest BCUT2D eigenvalue weighted by atomic mass is 10.2. The largest absolute Gasteiger partial charge is 0.492 e. The van der Waals surface area contributed by atoms with Crippen LogP contribution in [0.25, 0.3) is 0 Å². The molecule has 0 unspecified atom stereocenters. The second-order valence-corrected chi connectivity index (χ2v) is 6.60. The van der Waals surface area contributed by atoms with Crippen molar-refractivity contribution in [3.8, 4) is 5.75 Å². The molecule has 1 aliphatic rings. The van der Waals surface area contributed by atoms with Gasteiger partial charge in [0.15, 0.2) is 9.84 Å². The lowest BCUT2D eigenvalue weighted by Crippen LogP contribution is -2.40. The van der Waals surface area contributed by atoms with E-state index < -0.39 is 9.84 Å². The molecule has 0 aromatic heterocycles. The summed E-state index contributed by atoms with van der Waals surface area (Å²) in [5.41, 5.74) is 7.37. The molecule has 1 saturated heterocycles. The van der Waals surface area contributed by atoms with Gasteiger partial charge in [0.05, 0.1) is 23.8 Å². The normalized spacial score (nSPS) is 18.6. The van der Waals surface area contributed by atoms with E-state index in [0.717, 1.165) is 5.69 Å². The number of nitrogen functional groups attached to an aromatic ring is 1. The summed E-state index contributed by atoms with van der Waals surface area (Å²) >= 11 is 0. The van der Waals surface area contributed by atoms with Crippen LogP contribution in [0, 0.1) is 0 Å². The van der Waals surface area contributed by atoms with E-state index in [0.29, 0.717) is 31.1 Å². The number of nitrogens with zero attached hydrogens (tertiary/aromatic N) is 1. The van der Waals surface area contributed by atoms with Crippen LogP contribution in [0.3, 0.4) is 0 Å². The predicted octanol–water partition coefficient (Wildman–Crippen LogP) is 0.902. The number of anilines is 2. The molecule has 2 rings (SSSR count). The van der Waals surface area contributed by atoms with Gasteiger partial charge in [-0.3, -0.25) is 0 Å². The van der Waals surface area contributed by atoms with Gasteiger partial charge in [-0.15, -0.1) is 0 Å². The molecule has 0 bridgehead atoms. The Labute approximate surface area is 107 Å². The molecular weight excluding hydrogens is 252 g/mol. The average molecular weight is 270 g/mol. The van der Waals surface area contributed by atoms with E-state index in [9.17, 15) is 8.42 Å². The molecule has 0 spiro atoms. The molecule has 5 nitrogen and oxygen atoms in total. The second kappa shape index (κ2) is 5.06. The fraction of sp³-hybridized carbons (Fsp3) is 0.500. The minimum atomic E-state index is -2.85. The van der Waals surface area contributed by atoms with E-state index in [1.54, 1.807) is 6.07 Å². The number of nitrogens with two attached hydrogens (primary N) is 1. The van der Waals surface area contributed by atoms with E-state index in [1.807, 2.05) is 24.0 Å². The van der Waals surface area contributed by atoms with E-state index >= 15 is 0 Å². The fourth-order valence-corrected chi connectivity index (χ4v) is 3.17. The van der Waals surface area contributed by atoms with Gasteiger partial charge < -0.3 is 15.4 Å². The van der Waals surface area contributed by atoms with Crippen molar-refractivity contribution < 1.29 is 13.2 Å². The Morgan fingerprint density at radius 2 is 2.00 bits per heavy atom. The first-order valence-corrected chi connectivity index (χ1v) is 7.81. The van der Waals surface area contributed by atoms with E-state index in [-0.39, 0.29) is 11.5 Å². The van der Waals surface area contributed by atoms with Gasteiger partial charge in [-0.2, -0.15) is 0 Å². The Kier molecular flexibility index (Phi) is 3.65. The fourth-order valence-electron chi connectivity index (χ4n) is 1.97. The number of benzene rings is 1. The van der Waals surface area contributed by atoms with Crippen LogP contribution in [0.2, 0.25) is 0 Å². The van der Waals surface area contributed by atoms with Crippen LogP contribution < -0.4 is 15.4 Å². The number of sulfone groups is 1. The van der Waals surface area contributed by atoms with Crippen molar-refractivity contribution in [3.05, 3.63) is 18.2 Å². The predicted molar refractivity (Wildman–Crippen MR) is 72.9 cm³/mol. The summed E-state index contributed by atoms with van der Waals surface area (Å²) in [6.07, 6.45) is 0. The maximum atomic E-state index is 11.4. The van der Waals surface area contributed by atoms with Gasteiger partial charge in [-0.1, -0.05) is 0 Å². The zero-order valence-corrected chi connectivity index (χ0v) is 11.2. The van der Waals surface area contributed by atoms with Crippen molar-refractivity contribution in [1.82, 2.24) is 0 Å². The molecule has 0 saturated carbocycles. The Hall–Kier alpha value is -1.43. The number of hydrogen-bond acceptors (Lipinski definition) is 5. The van der Waals surface area contributed by atoms with Crippen molar-refractivity contribution in [3.63, 3.8) is 0 Å². The third-order valence-corrected chi connectivity index (χ3v) is 4.62. The van der Waals surface area contributed by atoms with Crippen LogP contribution in [0.4, 0.5) is 11.4 Å². The van der Waals surface area contributed by atoms with E-state index in [2.05, 4.69) is 0 Å². The second-order valence-electron chi connectivity index (χ2n) is 4.29. The summed E-state index contributed by atoms with van der Waals surface area (Å²) in [7, 11) is -2.85. The van der Waals surface area contributed by atoms with Gasteiger partial charge >= 0.3 is 0 Å². The maximum Gasteiger partial charge on any atom is 0.153 e. The van der Waals surface area contributed by atoms with Crippen LogP contribution in [0.5, 0.6) is 5.75 Å². The van der Waals surface area contributed by atoms with Crippen molar-refractivity contribution >= 4 is 21.2 Å². The SMILES string of the molecule is CCOc1cc(N2CCS(=O)(=O)CC2)ccc1N. The van der Waals surface area contributed by atoms with Crippen molar-refractivity contribution in [2.45, 2.75) is 6.92 Å². The lowest BCUT2D eigenvalue weighted by Gasteiger charge is -2.29. The summed E-state index contributed by atoms with van der Waals surface area (Å²) in [6, 6.07) is 5.57. The molecule has 1 heterocycles. The van der Waals surface area contributed by atoms with Crippen LogP contribution in [-0.4, -0.2) is 39.6 Å². The molecule has 1 aliphatic heterocycles. The zero-order chi connectivity index (χ0) is 13.2. The molecule has 1 aromatic rings. The standard InChI is InChI=1S/C12H18N2O3S/c1-2-17-12-9-10(3-4-11(12)13)14-5-7-18(15,16)8-6-14/h3-4,9H,2,5-8,13H2,1H3. The molecule has 0 amide bonds. The number of ether oxygens (including phenoxy) is 1. The van der Waals surface area contributed by atoms with Gasteiger partial charge in [-0.25, -0.2) is 8.42 Å². The molecule has 2 N–H and O–H groups in total. The summed E-state index contributed by atoms with van der Waals surface area (Å²) in [5, 5.41) is 0. The monoisotopic (exact) mass is 270 g/mol. The first-order valence-electron chi connectivity index (χ1n) is 5.99. The number of hydrogen-bond donors (Lipinski definition) is 1. The van der Waals surface area contributed by atoms with E-state index in [4.69, 9.17) is 10.5 Å². The molecule has 1 aromatic carbocycles. The van der Waals surface area contributed by atoms with Gasteiger partial charge in [0.2, 0.25) is 0 Å². The molecular formula is C12H18N2O3S. The Bertz CT molecular complexity index is 514. The van der Waals surface area contributed by atoms with Gasteiger partial charge in [0.1, 0.15) is 5.75 Å². The zero-order valence-electron chi connectivity index (χ0n) is 10.4. The minimum absolute atomic E-state index is 0.210. The summed E-state index contributed by atoms with van der Waals surface area (Å²) < 4.78 is 28.2. The molecule has 1 fully saturated rings. The highest BCUT2D eigenvalue weighted by Gasteiger charge is 2.22. The summed E-state index contributed by atoms with van der Waals surface area (Å²) in [6.45, 7) is 3.51. The molecule has 100 valence electrons. The van der Waals surface area contributed by atoms with Gasteiger partial charge in [0, 0.05) is 24.8 Å². The maximum absolute atomic E-state index is 11.4. The smallest absolute Gasteiger partial charge is 0.153 e. The van der Waals surface area contributed by atoms with Gasteiger partial charge in [0.25, 0.3) is 0 Å². The highest BCUT2D eigenvalue weighted by molar-refractivity contribution is 7.91. The Balaban J connectivity index is 2.17. The molecule has 0 aliphatic carbocycles. The highest BCUT2D eigenvalue weighted by atomic mass is 32.2. The summed E-state index contributed by atoms with van der Waals surface area (Å²) in [5.74, 6) is 1.08. The third kappa shape index (κ3) is 2.87. The summed E-state index contributed by atoms with van der Waals surface area (Å²) in [4.78, 5) is 2.04. The van der Waals surface area contributed by atoms with Gasteiger partial charge in [-0.05, 0) is 19.1 Å². The third-order valence-electron chi connectivity index (χ3n) is 3.01. The average Bonchev–Trinajstić information content (AvgIpc) is 2.32. The lowest BCUT2D eigenvalue weighted by molar-refractivity contribution is 0.342. The van der Waals surface area contributed by atoms with Crippen molar-refractivity contribution in [2.75, 3.05) is 41.8 Å². The van der Waals surface area contributed by atoms with Crippen LogP contribution in [0.15, 0.2) is 18.2 Å². The van der Waals surface area contributed by atoms with E-state index in [1.165, 1.54) is 0 Å². The topological polar surface area (TPSA) is 72.6 Å². The molecule has 18 heavy (non-hydrogen) atoms. The Morgan fingerprint density at radius 3 is 2.61 bits per heavy atom.